The van der Waals surface area contributed by atoms with Crippen molar-refractivity contribution in [1.82, 2.24) is 10.4 Å². The fourth-order valence-electron chi connectivity index (χ4n) is 3.14. The van der Waals surface area contributed by atoms with Crippen LogP contribution in [0.4, 0.5) is 5.69 Å². The van der Waals surface area contributed by atoms with Crippen LogP contribution in [0.25, 0.3) is 0 Å². The Bertz CT molecular complexity index is 1080. The number of esters is 1. The molecule has 1 saturated heterocycles. The van der Waals surface area contributed by atoms with Gasteiger partial charge in [0.1, 0.15) is 11.5 Å². The van der Waals surface area contributed by atoms with E-state index in [2.05, 4.69) is 10.7 Å². The molecule has 174 valence electrons. The minimum atomic E-state index is -0.827. The van der Waals surface area contributed by atoms with Crippen LogP contribution in [0, 0.1) is 5.92 Å². The van der Waals surface area contributed by atoms with Crippen LogP contribution < -0.4 is 20.2 Å². The summed E-state index contributed by atoms with van der Waals surface area (Å²) >= 11 is 5.99. The van der Waals surface area contributed by atoms with Crippen molar-refractivity contribution in [2.24, 2.45) is 5.92 Å². The Hall–Kier alpha value is -3.79. The lowest BCUT2D eigenvalue weighted by Gasteiger charge is -2.18. The number of nitrogens with zero attached hydrogens (tertiary/aromatic N) is 1. The first kappa shape index (κ1) is 23.9. The molecule has 11 heteroatoms. The minimum Gasteiger partial charge on any atom is -0.497 e. The summed E-state index contributed by atoms with van der Waals surface area (Å²) in [5, 5.41) is 3.86. The zero-order valence-corrected chi connectivity index (χ0v) is 18.7. The highest BCUT2D eigenvalue weighted by Gasteiger charge is 2.37. The number of nitrogens with one attached hydrogen (secondary N) is 2. The number of benzene rings is 2. The van der Waals surface area contributed by atoms with E-state index in [0.717, 1.165) is 5.01 Å². The number of methoxy groups -OCH3 is 2. The van der Waals surface area contributed by atoms with Crippen LogP contribution in [-0.2, 0) is 19.1 Å². The van der Waals surface area contributed by atoms with Gasteiger partial charge in [0.15, 0.2) is 6.61 Å². The van der Waals surface area contributed by atoms with Crippen molar-refractivity contribution in [2.75, 3.05) is 32.7 Å². The average Bonchev–Trinajstić information content (AvgIpc) is 3.18. The molecule has 0 unspecified atom stereocenters. The van der Waals surface area contributed by atoms with Crippen molar-refractivity contribution in [3.8, 4) is 11.5 Å². The molecule has 1 aliphatic heterocycles. The number of halogens is 1. The fourth-order valence-corrected chi connectivity index (χ4v) is 3.37. The first-order chi connectivity index (χ1) is 15.8. The Morgan fingerprint density at radius 3 is 2.58 bits per heavy atom. The predicted molar refractivity (Wildman–Crippen MR) is 118 cm³/mol. The van der Waals surface area contributed by atoms with E-state index < -0.39 is 36.2 Å². The SMILES string of the molecule is COc1ccc(NC(=O)COC(=O)[C@@H]2CC(=O)N(NC(=O)c3ccccc3Cl)C2)c(OC)c1. The summed E-state index contributed by atoms with van der Waals surface area (Å²) in [4.78, 5) is 49.1. The average molecular weight is 476 g/mol. The third-order valence-electron chi connectivity index (χ3n) is 4.84. The van der Waals surface area contributed by atoms with Crippen LogP contribution in [-0.4, -0.2) is 56.1 Å². The third kappa shape index (κ3) is 5.92. The van der Waals surface area contributed by atoms with Crippen LogP contribution >= 0.6 is 11.6 Å². The van der Waals surface area contributed by atoms with Crippen LogP contribution in [0.3, 0.4) is 0 Å². The summed E-state index contributed by atoms with van der Waals surface area (Å²) in [5.41, 5.74) is 3.02. The molecule has 0 aromatic heterocycles. The highest BCUT2D eigenvalue weighted by Crippen LogP contribution is 2.29. The summed E-state index contributed by atoms with van der Waals surface area (Å²) in [7, 11) is 2.95. The quantitative estimate of drug-likeness (QED) is 0.560. The summed E-state index contributed by atoms with van der Waals surface area (Å²) < 4.78 is 15.4. The molecule has 10 nitrogen and oxygen atoms in total. The Kier molecular flexibility index (Phi) is 7.73. The van der Waals surface area contributed by atoms with Crippen molar-refractivity contribution < 1.29 is 33.4 Å². The zero-order valence-electron chi connectivity index (χ0n) is 17.9. The second-order valence-electron chi connectivity index (χ2n) is 7.05. The minimum absolute atomic E-state index is 0.0816. The van der Waals surface area contributed by atoms with Gasteiger partial charge in [0.2, 0.25) is 5.91 Å². The second kappa shape index (κ2) is 10.7. The van der Waals surface area contributed by atoms with Gasteiger partial charge in [-0.15, -0.1) is 0 Å². The van der Waals surface area contributed by atoms with Crippen molar-refractivity contribution in [3.05, 3.63) is 53.1 Å². The topological polar surface area (TPSA) is 123 Å². The molecule has 0 spiro atoms. The molecule has 1 aliphatic rings. The normalized spacial score (nSPS) is 15.1. The molecule has 2 aromatic rings. The lowest BCUT2D eigenvalue weighted by Crippen LogP contribution is -2.43. The molecule has 2 N–H and O–H groups in total. The van der Waals surface area contributed by atoms with Crippen molar-refractivity contribution in [1.29, 1.82) is 0 Å². The van der Waals surface area contributed by atoms with Gasteiger partial charge < -0.3 is 19.5 Å². The number of carbonyl (C=O) groups is 4. The zero-order chi connectivity index (χ0) is 24.0. The lowest BCUT2D eigenvalue weighted by atomic mass is 10.1. The molecule has 2 aromatic carbocycles. The number of hydrazine groups is 1. The van der Waals surface area contributed by atoms with Gasteiger partial charge in [-0.3, -0.25) is 29.6 Å². The number of amides is 3. The predicted octanol–water partition coefficient (Wildman–Crippen LogP) is 2.03. The first-order valence-electron chi connectivity index (χ1n) is 9.86. The Morgan fingerprint density at radius 1 is 1.12 bits per heavy atom. The van der Waals surface area contributed by atoms with E-state index in [1.807, 2.05) is 0 Å². The second-order valence-corrected chi connectivity index (χ2v) is 7.46. The van der Waals surface area contributed by atoms with E-state index in [1.54, 1.807) is 36.4 Å². The maximum absolute atomic E-state index is 12.4. The molecular weight excluding hydrogens is 454 g/mol. The van der Waals surface area contributed by atoms with Gasteiger partial charge in [-0.05, 0) is 24.3 Å². The highest BCUT2D eigenvalue weighted by atomic mass is 35.5. The Morgan fingerprint density at radius 2 is 1.88 bits per heavy atom. The third-order valence-corrected chi connectivity index (χ3v) is 5.17. The fraction of sp³-hybridized carbons (Fsp3) is 0.273. The monoisotopic (exact) mass is 475 g/mol. The van der Waals surface area contributed by atoms with Crippen molar-refractivity contribution in [2.45, 2.75) is 6.42 Å². The van der Waals surface area contributed by atoms with E-state index in [0.29, 0.717) is 17.2 Å². The van der Waals surface area contributed by atoms with Crippen LogP contribution in [0.5, 0.6) is 11.5 Å². The molecule has 1 atom stereocenters. The van der Waals surface area contributed by atoms with Gasteiger partial charge in [0.05, 0.1) is 43.0 Å². The standard InChI is InChI=1S/C22H22ClN3O7/c1-31-14-7-8-17(18(10-14)32-2)24-19(27)12-33-22(30)13-9-20(28)26(11-13)25-21(29)15-5-3-4-6-16(15)23/h3-8,10,13H,9,11-12H2,1-2H3,(H,24,27)(H,25,29)/t13-/m1/s1. The molecule has 33 heavy (non-hydrogen) atoms. The summed E-state index contributed by atoms with van der Waals surface area (Å²) in [6, 6.07) is 11.2. The molecular formula is C22H22ClN3O7. The number of anilines is 1. The molecule has 3 rings (SSSR count). The molecule has 0 radical (unpaired) electrons. The maximum Gasteiger partial charge on any atom is 0.311 e. The van der Waals surface area contributed by atoms with Gasteiger partial charge in [-0.25, -0.2) is 0 Å². The van der Waals surface area contributed by atoms with Gasteiger partial charge in [-0.2, -0.15) is 0 Å². The molecule has 0 aliphatic carbocycles. The van der Waals surface area contributed by atoms with Crippen molar-refractivity contribution in [3.63, 3.8) is 0 Å². The summed E-state index contributed by atoms with van der Waals surface area (Å²) in [6.45, 7) is -0.632. The van der Waals surface area contributed by atoms with Gasteiger partial charge in [0, 0.05) is 12.5 Å². The maximum atomic E-state index is 12.4. The molecule has 1 heterocycles. The molecule has 3 amide bonds. The van der Waals surface area contributed by atoms with E-state index in [9.17, 15) is 19.2 Å². The van der Waals surface area contributed by atoms with Crippen LogP contribution in [0.15, 0.2) is 42.5 Å². The number of hydrogen-bond acceptors (Lipinski definition) is 7. The van der Waals surface area contributed by atoms with E-state index in [-0.39, 0.29) is 23.6 Å². The summed E-state index contributed by atoms with van der Waals surface area (Å²) in [5.74, 6) is -2.24. The van der Waals surface area contributed by atoms with Crippen LogP contribution in [0.1, 0.15) is 16.8 Å². The smallest absolute Gasteiger partial charge is 0.311 e. The molecule has 0 saturated carbocycles. The van der Waals surface area contributed by atoms with E-state index in [1.165, 1.54) is 20.3 Å². The Balaban J connectivity index is 1.51. The van der Waals surface area contributed by atoms with Crippen LogP contribution in [0.2, 0.25) is 5.02 Å². The Labute approximate surface area is 194 Å². The lowest BCUT2D eigenvalue weighted by molar-refractivity contribution is -0.151. The van der Waals surface area contributed by atoms with Gasteiger partial charge >= 0.3 is 5.97 Å². The highest BCUT2D eigenvalue weighted by molar-refractivity contribution is 6.33. The van der Waals surface area contributed by atoms with Gasteiger partial charge in [-0.1, -0.05) is 23.7 Å². The largest absolute Gasteiger partial charge is 0.497 e. The number of hydrogen-bond donors (Lipinski definition) is 2. The first-order valence-corrected chi connectivity index (χ1v) is 10.2. The van der Waals surface area contributed by atoms with E-state index in [4.69, 9.17) is 25.8 Å². The molecule has 0 bridgehead atoms. The number of carbonyl (C=O) groups excluding carboxylic acids is 4. The van der Waals surface area contributed by atoms with Gasteiger partial charge in [0.25, 0.3) is 11.8 Å². The molecule has 1 fully saturated rings. The summed E-state index contributed by atoms with van der Waals surface area (Å²) in [6.07, 6.45) is -0.157. The van der Waals surface area contributed by atoms with Crippen molar-refractivity contribution >= 4 is 41.0 Å². The number of ether oxygens (including phenoxy) is 3. The number of rotatable bonds is 8. The van der Waals surface area contributed by atoms with E-state index >= 15 is 0 Å².